The van der Waals surface area contributed by atoms with Crippen LogP contribution in [0.25, 0.3) is 22.4 Å². The van der Waals surface area contributed by atoms with E-state index in [9.17, 15) is 4.79 Å². The standard InChI is InChI=1S/C27H26N2O2/c1-18(2)25-24(27(30)28-21-12-8-5-9-13-21)23(19-10-6-4-7-11-19)26(29-25)20-14-16-22(31-3)17-15-20/h4-18,29H,1-3H3,(H,28,30). The van der Waals surface area contributed by atoms with Gasteiger partial charge in [0, 0.05) is 16.9 Å². The van der Waals surface area contributed by atoms with E-state index in [1.807, 2.05) is 84.9 Å². The smallest absolute Gasteiger partial charge is 0.258 e. The Morgan fingerprint density at radius 2 is 1.45 bits per heavy atom. The Kier molecular flexibility index (Phi) is 5.89. The minimum Gasteiger partial charge on any atom is -0.497 e. The molecule has 0 fully saturated rings. The van der Waals surface area contributed by atoms with Crippen LogP contribution in [0.1, 0.15) is 35.8 Å². The lowest BCUT2D eigenvalue weighted by Gasteiger charge is -2.12. The third kappa shape index (κ3) is 4.24. The van der Waals surface area contributed by atoms with Gasteiger partial charge in [-0.25, -0.2) is 0 Å². The number of benzene rings is 3. The molecule has 156 valence electrons. The van der Waals surface area contributed by atoms with E-state index in [2.05, 4.69) is 24.1 Å². The molecule has 1 aromatic heterocycles. The van der Waals surface area contributed by atoms with Crippen LogP contribution in [0, 0.1) is 0 Å². The number of amides is 1. The summed E-state index contributed by atoms with van der Waals surface area (Å²) in [6.45, 7) is 4.19. The number of rotatable bonds is 6. The highest BCUT2D eigenvalue weighted by Crippen LogP contribution is 2.39. The molecule has 0 saturated heterocycles. The van der Waals surface area contributed by atoms with Gasteiger partial charge in [-0.1, -0.05) is 62.4 Å². The minimum atomic E-state index is -0.121. The second-order valence-electron chi connectivity index (χ2n) is 7.73. The average Bonchev–Trinajstić information content (AvgIpc) is 3.21. The number of ether oxygens (including phenoxy) is 1. The molecule has 0 aliphatic rings. The van der Waals surface area contributed by atoms with Crippen LogP contribution in [0.4, 0.5) is 5.69 Å². The number of aromatic amines is 1. The predicted octanol–water partition coefficient (Wildman–Crippen LogP) is 6.73. The maximum atomic E-state index is 13.5. The summed E-state index contributed by atoms with van der Waals surface area (Å²) in [5.74, 6) is 0.818. The first-order valence-corrected chi connectivity index (χ1v) is 10.4. The van der Waals surface area contributed by atoms with E-state index in [0.717, 1.165) is 39.5 Å². The highest BCUT2D eigenvalue weighted by atomic mass is 16.5. The average molecular weight is 411 g/mol. The zero-order valence-electron chi connectivity index (χ0n) is 18.0. The molecule has 3 aromatic carbocycles. The maximum absolute atomic E-state index is 13.5. The molecule has 0 atom stereocenters. The van der Waals surface area contributed by atoms with Gasteiger partial charge in [0.2, 0.25) is 0 Å². The van der Waals surface area contributed by atoms with Crippen molar-refractivity contribution < 1.29 is 9.53 Å². The number of para-hydroxylation sites is 1. The fraction of sp³-hybridized carbons (Fsp3) is 0.148. The molecule has 0 bridgehead atoms. The first-order chi connectivity index (χ1) is 15.1. The van der Waals surface area contributed by atoms with Gasteiger partial charge in [-0.15, -0.1) is 0 Å². The Bertz CT molecular complexity index is 1160. The van der Waals surface area contributed by atoms with Gasteiger partial charge in [-0.2, -0.15) is 0 Å². The Balaban J connectivity index is 1.91. The summed E-state index contributed by atoms with van der Waals surface area (Å²) in [6.07, 6.45) is 0. The van der Waals surface area contributed by atoms with Gasteiger partial charge in [-0.05, 0) is 53.4 Å². The van der Waals surface area contributed by atoms with Crippen molar-refractivity contribution in [2.24, 2.45) is 0 Å². The summed E-state index contributed by atoms with van der Waals surface area (Å²) in [4.78, 5) is 17.1. The highest BCUT2D eigenvalue weighted by molar-refractivity contribution is 6.12. The third-order valence-corrected chi connectivity index (χ3v) is 5.31. The van der Waals surface area contributed by atoms with Crippen LogP contribution < -0.4 is 10.1 Å². The van der Waals surface area contributed by atoms with Gasteiger partial charge >= 0.3 is 0 Å². The fourth-order valence-corrected chi connectivity index (χ4v) is 3.77. The van der Waals surface area contributed by atoms with Gasteiger partial charge in [0.25, 0.3) is 5.91 Å². The molecule has 31 heavy (non-hydrogen) atoms. The monoisotopic (exact) mass is 410 g/mol. The number of nitrogens with one attached hydrogen (secondary N) is 2. The predicted molar refractivity (Wildman–Crippen MR) is 127 cm³/mol. The molecule has 0 aliphatic carbocycles. The normalized spacial score (nSPS) is 10.8. The quantitative estimate of drug-likeness (QED) is 0.370. The van der Waals surface area contributed by atoms with Crippen molar-refractivity contribution in [3.63, 3.8) is 0 Å². The zero-order chi connectivity index (χ0) is 21.8. The van der Waals surface area contributed by atoms with Crippen molar-refractivity contribution in [1.29, 1.82) is 0 Å². The molecule has 4 heteroatoms. The number of aromatic nitrogens is 1. The lowest BCUT2D eigenvalue weighted by atomic mass is 9.94. The second kappa shape index (κ2) is 8.92. The van der Waals surface area contributed by atoms with Crippen molar-refractivity contribution in [3.8, 4) is 28.1 Å². The maximum Gasteiger partial charge on any atom is 0.258 e. The molecule has 0 aliphatic heterocycles. The van der Waals surface area contributed by atoms with Gasteiger partial charge < -0.3 is 15.0 Å². The molecular formula is C27H26N2O2. The van der Waals surface area contributed by atoms with Crippen molar-refractivity contribution in [3.05, 3.63) is 96.2 Å². The molecule has 4 nitrogen and oxygen atoms in total. The Labute approximate surface area is 182 Å². The van der Waals surface area contributed by atoms with Crippen molar-refractivity contribution >= 4 is 11.6 Å². The topological polar surface area (TPSA) is 54.1 Å². The number of carbonyl (C=O) groups excluding carboxylic acids is 1. The SMILES string of the molecule is COc1ccc(-c2[nH]c(C(C)C)c(C(=O)Nc3ccccc3)c2-c2ccccc2)cc1. The number of anilines is 1. The molecule has 4 rings (SSSR count). The minimum absolute atomic E-state index is 0.121. The largest absolute Gasteiger partial charge is 0.497 e. The molecule has 1 amide bonds. The first kappa shape index (κ1) is 20.5. The Hall–Kier alpha value is -3.79. The van der Waals surface area contributed by atoms with Crippen molar-refractivity contribution in [2.75, 3.05) is 12.4 Å². The van der Waals surface area contributed by atoms with Gasteiger partial charge in [0.15, 0.2) is 0 Å². The van der Waals surface area contributed by atoms with E-state index in [1.54, 1.807) is 7.11 Å². The molecule has 4 aromatic rings. The van der Waals surface area contributed by atoms with Crippen LogP contribution in [0.2, 0.25) is 0 Å². The third-order valence-electron chi connectivity index (χ3n) is 5.31. The van der Waals surface area contributed by atoms with Crippen LogP contribution in [0.15, 0.2) is 84.9 Å². The fourth-order valence-electron chi connectivity index (χ4n) is 3.77. The van der Waals surface area contributed by atoms with Crippen LogP contribution in [0.3, 0.4) is 0 Å². The van der Waals surface area contributed by atoms with Crippen LogP contribution in [0.5, 0.6) is 5.75 Å². The molecule has 0 unspecified atom stereocenters. The van der Waals surface area contributed by atoms with Crippen molar-refractivity contribution in [2.45, 2.75) is 19.8 Å². The van der Waals surface area contributed by atoms with Crippen LogP contribution >= 0.6 is 0 Å². The number of carbonyl (C=O) groups is 1. The van der Waals surface area contributed by atoms with E-state index in [4.69, 9.17) is 4.74 Å². The number of methoxy groups -OCH3 is 1. The Morgan fingerprint density at radius 3 is 2.03 bits per heavy atom. The molecule has 2 N–H and O–H groups in total. The highest BCUT2D eigenvalue weighted by Gasteiger charge is 2.26. The van der Waals surface area contributed by atoms with Gasteiger partial charge in [0.05, 0.1) is 18.4 Å². The van der Waals surface area contributed by atoms with Gasteiger partial charge in [0.1, 0.15) is 5.75 Å². The van der Waals surface area contributed by atoms with E-state index in [0.29, 0.717) is 5.56 Å². The summed E-state index contributed by atoms with van der Waals surface area (Å²) in [5, 5.41) is 3.07. The summed E-state index contributed by atoms with van der Waals surface area (Å²) in [7, 11) is 1.65. The first-order valence-electron chi connectivity index (χ1n) is 10.4. The molecule has 0 saturated carbocycles. The lowest BCUT2D eigenvalue weighted by molar-refractivity contribution is 0.102. The molecule has 1 heterocycles. The zero-order valence-corrected chi connectivity index (χ0v) is 18.0. The summed E-state index contributed by atoms with van der Waals surface area (Å²) in [6, 6.07) is 27.5. The molecule has 0 spiro atoms. The lowest BCUT2D eigenvalue weighted by Crippen LogP contribution is -2.14. The second-order valence-corrected chi connectivity index (χ2v) is 7.73. The van der Waals surface area contributed by atoms with E-state index in [1.165, 1.54) is 0 Å². The number of hydrogen-bond acceptors (Lipinski definition) is 2. The van der Waals surface area contributed by atoms with Crippen LogP contribution in [-0.4, -0.2) is 18.0 Å². The Morgan fingerprint density at radius 1 is 0.839 bits per heavy atom. The number of hydrogen-bond donors (Lipinski definition) is 2. The molecule has 0 radical (unpaired) electrons. The summed E-state index contributed by atoms with van der Waals surface area (Å²) in [5.41, 5.74) is 6.19. The summed E-state index contributed by atoms with van der Waals surface area (Å²) < 4.78 is 5.32. The van der Waals surface area contributed by atoms with E-state index < -0.39 is 0 Å². The van der Waals surface area contributed by atoms with Crippen LogP contribution in [-0.2, 0) is 0 Å². The molecular weight excluding hydrogens is 384 g/mol. The van der Waals surface area contributed by atoms with Gasteiger partial charge in [-0.3, -0.25) is 4.79 Å². The van der Waals surface area contributed by atoms with E-state index >= 15 is 0 Å². The van der Waals surface area contributed by atoms with Crippen molar-refractivity contribution in [1.82, 2.24) is 4.98 Å². The van der Waals surface area contributed by atoms with E-state index in [-0.39, 0.29) is 11.8 Å². The summed E-state index contributed by atoms with van der Waals surface area (Å²) >= 11 is 0. The number of H-pyrrole nitrogens is 1.